The number of aromatic nitrogens is 4. The molecule has 0 saturated carbocycles. The third-order valence-corrected chi connectivity index (χ3v) is 3.24. The van der Waals surface area contributed by atoms with Gasteiger partial charge in [0.05, 0.1) is 0 Å². The number of hydrogen-bond donors (Lipinski definition) is 2. The Bertz CT molecular complexity index is 548. The van der Waals surface area contributed by atoms with Crippen LogP contribution in [0.25, 0.3) is 0 Å². The van der Waals surface area contributed by atoms with Gasteiger partial charge in [-0.1, -0.05) is 13.3 Å². The molecular formula is C14H22N6. The van der Waals surface area contributed by atoms with Crippen molar-refractivity contribution in [1.29, 1.82) is 0 Å². The van der Waals surface area contributed by atoms with E-state index in [0.717, 1.165) is 48.8 Å². The highest BCUT2D eigenvalue weighted by atomic mass is 15.1. The van der Waals surface area contributed by atoms with E-state index in [1.54, 1.807) is 6.33 Å². The average molecular weight is 274 g/mol. The monoisotopic (exact) mass is 274 g/mol. The Labute approximate surface area is 119 Å². The first-order chi connectivity index (χ1) is 9.76. The Kier molecular flexibility index (Phi) is 4.92. The van der Waals surface area contributed by atoms with Gasteiger partial charge in [-0.3, -0.25) is 0 Å². The molecule has 0 atom stereocenters. The minimum atomic E-state index is 0.807. The molecule has 20 heavy (non-hydrogen) atoms. The first-order valence-corrected chi connectivity index (χ1v) is 6.98. The number of nitrogens with zero attached hydrogens (tertiary/aromatic N) is 4. The van der Waals surface area contributed by atoms with Gasteiger partial charge in [-0.15, -0.1) is 0 Å². The van der Waals surface area contributed by atoms with Gasteiger partial charge in [-0.05, 0) is 6.42 Å². The van der Waals surface area contributed by atoms with Crippen molar-refractivity contribution in [3.05, 3.63) is 30.1 Å². The van der Waals surface area contributed by atoms with Crippen molar-refractivity contribution in [2.45, 2.75) is 26.2 Å². The lowest BCUT2D eigenvalue weighted by atomic mass is 10.1. The fraction of sp³-hybridized carbons (Fsp3) is 0.500. The van der Waals surface area contributed by atoms with Gasteiger partial charge in [0.25, 0.3) is 0 Å². The highest BCUT2D eigenvalue weighted by molar-refractivity contribution is 5.57. The number of rotatable bonds is 7. The van der Waals surface area contributed by atoms with Crippen molar-refractivity contribution in [2.75, 3.05) is 24.2 Å². The maximum atomic E-state index is 4.36. The zero-order valence-corrected chi connectivity index (χ0v) is 12.3. The largest absolute Gasteiger partial charge is 0.373 e. The van der Waals surface area contributed by atoms with Crippen LogP contribution in [0.5, 0.6) is 0 Å². The first-order valence-electron chi connectivity index (χ1n) is 6.98. The van der Waals surface area contributed by atoms with Gasteiger partial charge in [0.15, 0.2) is 0 Å². The summed E-state index contributed by atoms with van der Waals surface area (Å²) >= 11 is 0. The van der Waals surface area contributed by atoms with Crippen molar-refractivity contribution in [3.8, 4) is 0 Å². The summed E-state index contributed by atoms with van der Waals surface area (Å²) in [7, 11) is 3.90. The maximum absolute atomic E-state index is 4.36. The van der Waals surface area contributed by atoms with Gasteiger partial charge in [0.2, 0.25) is 0 Å². The highest BCUT2D eigenvalue weighted by Crippen LogP contribution is 2.21. The van der Waals surface area contributed by atoms with Crippen LogP contribution in [0, 0.1) is 0 Å². The van der Waals surface area contributed by atoms with E-state index in [9.17, 15) is 0 Å². The molecule has 0 aliphatic heterocycles. The Morgan fingerprint density at radius 2 is 1.95 bits per heavy atom. The van der Waals surface area contributed by atoms with Gasteiger partial charge in [0.1, 0.15) is 23.8 Å². The predicted molar refractivity (Wildman–Crippen MR) is 81.0 cm³/mol. The molecule has 0 unspecified atom stereocenters. The molecule has 6 nitrogen and oxygen atoms in total. The van der Waals surface area contributed by atoms with Gasteiger partial charge < -0.3 is 15.2 Å². The second-order valence-corrected chi connectivity index (χ2v) is 4.68. The van der Waals surface area contributed by atoms with Crippen molar-refractivity contribution in [2.24, 2.45) is 7.05 Å². The normalized spacial score (nSPS) is 10.6. The van der Waals surface area contributed by atoms with E-state index in [-0.39, 0.29) is 0 Å². The Balaban J connectivity index is 2.03. The predicted octanol–water partition coefficient (Wildman–Crippen LogP) is 1.86. The minimum absolute atomic E-state index is 0.807. The molecular weight excluding hydrogens is 252 g/mol. The fourth-order valence-electron chi connectivity index (χ4n) is 2.20. The second kappa shape index (κ2) is 6.88. The van der Waals surface area contributed by atoms with E-state index in [1.165, 1.54) is 0 Å². The van der Waals surface area contributed by atoms with Gasteiger partial charge in [-0.25, -0.2) is 15.0 Å². The average Bonchev–Trinajstić information content (AvgIpc) is 2.86. The van der Waals surface area contributed by atoms with E-state index in [2.05, 4.69) is 32.5 Å². The molecule has 2 heterocycles. The van der Waals surface area contributed by atoms with Crippen molar-refractivity contribution >= 4 is 11.6 Å². The van der Waals surface area contributed by atoms with Gasteiger partial charge in [-0.2, -0.15) is 0 Å². The third kappa shape index (κ3) is 3.26. The summed E-state index contributed by atoms with van der Waals surface area (Å²) in [5.74, 6) is 2.89. The van der Waals surface area contributed by atoms with Crippen LogP contribution < -0.4 is 10.6 Å². The second-order valence-electron chi connectivity index (χ2n) is 4.68. The van der Waals surface area contributed by atoms with E-state index in [4.69, 9.17) is 0 Å². The van der Waals surface area contributed by atoms with E-state index in [0.29, 0.717) is 0 Å². The number of anilines is 2. The van der Waals surface area contributed by atoms with Crippen LogP contribution in [-0.4, -0.2) is 33.1 Å². The summed E-state index contributed by atoms with van der Waals surface area (Å²) in [6.07, 6.45) is 8.27. The number of hydrogen-bond acceptors (Lipinski definition) is 5. The molecule has 0 aliphatic carbocycles. The van der Waals surface area contributed by atoms with Crippen LogP contribution in [0.3, 0.4) is 0 Å². The zero-order valence-electron chi connectivity index (χ0n) is 12.3. The van der Waals surface area contributed by atoms with Crippen molar-refractivity contribution in [1.82, 2.24) is 19.5 Å². The fourth-order valence-corrected chi connectivity index (χ4v) is 2.20. The topological polar surface area (TPSA) is 67.7 Å². The Hall–Kier alpha value is -2.11. The molecule has 0 aromatic carbocycles. The molecule has 2 N–H and O–H groups in total. The molecule has 0 aliphatic rings. The van der Waals surface area contributed by atoms with Crippen LogP contribution in [0.2, 0.25) is 0 Å². The first kappa shape index (κ1) is 14.3. The van der Waals surface area contributed by atoms with E-state index in [1.807, 2.05) is 31.1 Å². The highest BCUT2D eigenvalue weighted by Gasteiger charge is 2.09. The summed E-state index contributed by atoms with van der Waals surface area (Å²) in [4.78, 5) is 12.9. The lowest BCUT2D eigenvalue weighted by Gasteiger charge is -2.13. The molecule has 108 valence electrons. The Morgan fingerprint density at radius 1 is 1.15 bits per heavy atom. The summed E-state index contributed by atoms with van der Waals surface area (Å²) in [5, 5.41) is 6.52. The van der Waals surface area contributed by atoms with Crippen molar-refractivity contribution in [3.63, 3.8) is 0 Å². The molecule has 0 amide bonds. The number of imidazole rings is 1. The lowest BCUT2D eigenvalue weighted by Crippen LogP contribution is -2.12. The van der Waals surface area contributed by atoms with Crippen molar-refractivity contribution < 1.29 is 0 Å². The molecule has 0 spiro atoms. The SMILES string of the molecule is CCCc1c(NC)ncnc1NCCc1nccn1C. The summed E-state index contributed by atoms with van der Waals surface area (Å²) in [6.45, 7) is 2.96. The summed E-state index contributed by atoms with van der Waals surface area (Å²) in [6, 6.07) is 0. The smallest absolute Gasteiger partial charge is 0.134 e. The zero-order chi connectivity index (χ0) is 14.4. The molecule has 0 radical (unpaired) electrons. The molecule has 0 bridgehead atoms. The quantitative estimate of drug-likeness (QED) is 0.806. The van der Waals surface area contributed by atoms with Crippen LogP contribution in [-0.2, 0) is 19.9 Å². The molecule has 0 saturated heterocycles. The van der Waals surface area contributed by atoms with Crippen LogP contribution in [0.1, 0.15) is 24.7 Å². The standard InChI is InChI=1S/C14H22N6/c1-4-5-11-13(15-2)18-10-19-14(11)17-7-6-12-16-8-9-20(12)3/h8-10H,4-7H2,1-3H3,(H2,15,17,18,19). The summed E-state index contributed by atoms with van der Waals surface area (Å²) < 4.78 is 2.04. The number of aryl methyl sites for hydroxylation is 1. The lowest BCUT2D eigenvalue weighted by molar-refractivity contribution is 0.786. The third-order valence-electron chi connectivity index (χ3n) is 3.24. The number of nitrogens with one attached hydrogen (secondary N) is 2. The van der Waals surface area contributed by atoms with Crippen LogP contribution in [0.15, 0.2) is 18.7 Å². The molecule has 2 aromatic heterocycles. The van der Waals surface area contributed by atoms with Crippen LogP contribution in [0.4, 0.5) is 11.6 Å². The maximum Gasteiger partial charge on any atom is 0.134 e. The van der Waals surface area contributed by atoms with E-state index >= 15 is 0 Å². The molecule has 6 heteroatoms. The molecule has 2 aromatic rings. The van der Waals surface area contributed by atoms with Crippen LogP contribution >= 0.6 is 0 Å². The Morgan fingerprint density at radius 3 is 2.60 bits per heavy atom. The minimum Gasteiger partial charge on any atom is -0.373 e. The van der Waals surface area contributed by atoms with Gasteiger partial charge in [0, 0.05) is 45.0 Å². The summed E-state index contributed by atoms with van der Waals surface area (Å²) in [5.41, 5.74) is 1.15. The molecule has 0 fully saturated rings. The van der Waals surface area contributed by atoms with Gasteiger partial charge >= 0.3 is 0 Å². The molecule has 2 rings (SSSR count). The van der Waals surface area contributed by atoms with E-state index < -0.39 is 0 Å².